The van der Waals surface area contributed by atoms with Gasteiger partial charge in [-0.05, 0) is 53.8 Å². The minimum absolute atomic E-state index is 0.0568. The van der Waals surface area contributed by atoms with Gasteiger partial charge in [0.15, 0.2) is 0 Å². The summed E-state index contributed by atoms with van der Waals surface area (Å²) < 4.78 is 27.8. The average Bonchev–Trinajstić information content (AvgIpc) is 3.31. The second-order valence-electron chi connectivity index (χ2n) is 17.3. The first-order valence-electron chi connectivity index (χ1n) is 18.8. The maximum absolute atomic E-state index is 14.8. The number of ketones is 1. The molecule has 288 valence electrons. The van der Waals surface area contributed by atoms with E-state index in [1.807, 2.05) is 34.6 Å². The summed E-state index contributed by atoms with van der Waals surface area (Å²) in [5, 5.41) is 10.5. The highest BCUT2D eigenvalue weighted by Gasteiger charge is 2.70. The zero-order valence-corrected chi connectivity index (χ0v) is 32.8. The number of nitrogens with one attached hydrogen (secondary N) is 4. The van der Waals surface area contributed by atoms with Gasteiger partial charge in [0.1, 0.15) is 12.1 Å². The minimum atomic E-state index is -3.63. The van der Waals surface area contributed by atoms with Crippen LogP contribution in [0, 0.1) is 28.1 Å². The number of amides is 5. The molecular formula is C37H62N6O7S. The summed E-state index contributed by atoms with van der Waals surface area (Å²) in [5.74, 6) is -2.48. The molecule has 2 aliphatic carbocycles. The van der Waals surface area contributed by atoms with Crippen molar-refractivity contribution in [1.82, 2.24) is 30.5 Å². The van der Waals surface area contributed by atoms with Gasteiger partial charge in [-0.25, -0.2) is 17.5 Å². The standard InChI is InChI=1S/C37H62N6O7S/c1-10-12-16-24(28(44)32(46)38-20-11-2)39-31(45)27-26-23(36(26,6)7)22-43(27)33(47)30(37(8)18-14-13-15-19-37)41-34(48)40-29(35(3,4)5)25-17-21-42(9)51(25,49)50/h11,23-27,29-30H,2,10,12-22H2,1,3-9H3,(H,38,46)(H,39,45)(H2,40,41,48)/t23-,24?,25+,26-,27-,29+,30+/m0/s1. The summed E-state index contributed by atoms with van der Waals surface area (Å²) in [5.41, 5.74) is -1.42. The number of Topliss-reactive ketones (excluding diaryl/α,β-unsaturated/α-hetero) is 1. The van der Waals surface area contributed by atoms with Crippen molar-refractivity contribution in [3.05, 3.63) is 12.7 Å². The van der Waals surface area contributed by atoms with Gasteiger partial charge >= 0.3 is 6.03 Å². The molecule has 51 heavy (non-hydrogen) atoms. The van der Waals surface area contributed by atoms with Crippen LogP contribution in [0.15, 0.2) is 12.7 Å². The highest BCUT2D eigenvalue weighted by Crippen LogP contribution is 2.65. The summed E-state index contributed by atoms with van der Waals surface area (Å²) in [7, 11) is -2.08. The lowest BCUT2D eigenvalue weighted by Crippen LogP contribution is -2.64. The van der Waals surface area contributed by atoms with E-state index in [-0.39, 0.29) is 36.1 Å². The first-order chi connectivity index (χ1) is 23.7. The molecule has 0 aromatic carbocycles. The van der Waals surface area contributed by atoms with E-state index < -0.39 is 73.9 Å². The number of urea groups is 1. The van der Waals surface area contributed by atoms with Gasteiger partial charge in [-0.3, -0.25) is 19.2 Å². The number of nitrogens with zero attached hydrogens (tertiary/aromatic N) is 2. The third-order valence-corrected chi connectivity index (χ3v) is 14.5. The van der Waals surface area contributed by atoms with Crippen LogP contribution in [-0.2, 0) is 29.2 Å². The number of fused-ring (bicyclic) bond motifs is 1. The lowest BCUT2D eigenvalue weighted by atomic mass is 9.70. The summed E-state index contributed by atoms with van der Waals surface area (Å²) in [4.78, 5) is 70.4. The van der Waals surface area contributed by atoms with E-state index in [2.05, 4.69) is 41.7 Å². The molecule has 4 rings (SSSR count). The molecule has 0 aromatic heterocycles. The number of rotatable bonds is 14. The first kappa shape index (κ1) is 40.8. The molecular weight excluding hydrogens is 673 g/mol. The minimum Gasteiger partial charge on any atom is -0.346 e. The van der Waals surface area contributed by atoms with Crippen molar-refractivity contribution in [2.45, 2.75) is 136 Å². The van der Waals surface area contributed by atoms with Crippen molar-refractivity contribution in [3.8, 4) is 0 Å². The van der Waals surface area contributed by atoms with Crippen molar-refractivity contribution in [2.24, 2.45) is 28.1 Å². The number of hydrogen-bond acceptors (Lipinski definition) is 7. The number of hydrogen-bond donors (Lipinski definition) is 4. The summed E-state index contributed by atoms with van der Waals surface area (Å²) >= 11 is 0. The van der Waals surface area contributed by atoms with E-state index in [0.29, 0.717) is 38.8 Å². The SMILES string of the molecule is C=CCNC(=O)C(=O)C(CCCC)NC(=O)[C@@H]1[C@@H]2[C@H](CN1C(=O)[C@@H](NC(=O)N[C@H]([C@H]1CCN(C)S1(=O)=O)C(C)(C)C)C1(C)CCCCC1)C2(C)C. The second kappa shape index (κ2) is 15.5. The van der Waals surface area contributed by atoms with Crippen LogP contribution in [0.5, 0.6) is 0 Å². The molecule has 0 radical (unpaired) electrons. The van der Waals surface area contributed by atoms with Gasteiger partial charge in [0.2, 0.25) is 27.6 Å². The first-order valence-corrected chi connectivity index (χ1v) is 20.3. The highest BCUT2D eigenvalue weighted by atomic mass is 32.2. The molecule has 13 nitrogen and oxygen atoms in total. The van der Waals surface area contributed by atoms with Crippen molar-refractivity contribution >= 4 is 39.6 Å². The molecule has 14 heteroatoms. The Morgan fingerprint density at radius 1 is 1.00 bits per heavy atom. The van der Waals surface area contributed by atoms with Crippen LogP contribution < -0.4 is 21.3 Å². The van der Waals surface area contributed by atoms with Crippen LogP contribution in [0.3, 0.4) is 0 Å². The number of carbonyl (C=O) groups excluding carboxylic acids is 5. The molecule has 4 fully saturated rings. The normalized spacial score (nSPS) is 28.0. The maximum Gasteiger partial charge on any atom is 0.315 e. The number of piperidine rings is 1. The van der Waals surface area contributed by atoms with Crippen molar-refractivity contribution in [2.75, 3.05) is 26.7 Å². The molecule has 2 saturated carbocycles. The van der Waals surface area contributed by atoms with Crippen LogP contribution in [0.1, 0.15) is 106 Å². The fraction of sp³-hybridized carbons (Fsp3) is 0.811. The Kier molecular flexibility index (Phi) is 12.4. The van der Waals surface area contributed by atoms with E-state index in [1.165, 1.54) is 10.4 Å². The molecule has 5 amide bonds. The van der Waals surface area contributed by atoms with Crippen molar-refractivity contribution in [3.63, 3.8) is 0 Å². The molecule has 2 aliphatic heterocycles. The van der Waals surface area contributed by atoms with Gasteiger partial charge in [-0.15, -0.1) is 6.58 Å². The predicted octanol–water partition coefficient (Wildman–Crippen LogP) is 3.10. The zero-order valence-electron chi connectivity index (χ0n) is 32.0. The Morgan fingerprint density at radius 3 is 2.20 bits per heavy atom. The predicted molar refractivity (Wildman–Crippen MR) is 196 cm³/mol. The van der Waals surface area contributed by atoms with Crippen LogP contribution >= 0.6 is 0 Å². The molecule has 0 aromatic rings. The Morgan fingerprint density at radius 2 is 1.65 bits per heavy atom. The monoisotopic (exact) mass is 734 g/mol. The molecule has 7 atom stereocenters. The fourth-order valence-electron chi connectivity index (χ4n) is 8.84. The van der Waals surface area contributed by atoms with Crippen LogP contribution in [0.2, 0.25) is 0 Å². The van der Waals surface area contributed by atoms with Gasteiger partial charge in [0, 0.05) is 26.7 Å². The van der Waals surface area contributed by atoms with E-state index in [0.717, 1.165) is 25.7 Å². The van der Waals surface area contributed by atoms with Gasteiger partial charge in [0.05, 0.1) is 17.3 Å². The molecule has 2 heterocycles. The smallest absolute Gasteiger partial charge is 0.315 e. The zero-order chi connectivity index (χ0) is 38.1. The van der Waals surface area contributed by atoms with Gasteiger partial charge in [0.25, 0.3) is 5.91 Å². The van der Waals surface area contributed by atoms with Crippen LogP contribution in [0.25, 0.3) is 0 Å². The lowest BCUT2D eigenvalue weighted by molar-refractivity contribution is -0.146. The number of likely N-dealkylation sites (tertiary alicyclic amines) is 1. The van der Waals surface area contributed by atoms with E-state index >= 15 is 0 Å². The van der Waals surface area contributed by atoms with Crippen molar-refractivity contribution in [1.29, 1.82) is 0 Å². The summed E-state index contributed by atoms with van der Waals surface area (Å²) in [6, 6.07) is -4.24. The Hall–Kier alpha value is -3.00. The van der Waals surface area contributed by atoms with Crippen molar-refractivity contribution < 1.29 is 32.4 Å². The molecule has 0 spiro atoms. The number of unbranched alkanes of at least 4 members (excludes halogenated alkanes) is 1. The maximum atomic E-state index is 14.8. The lowest BCUT2D eigenvalue weighted by Gasteiger charge is -2.43. The molecule has 4 aliphatic rings. The average molecular weight is 735 g/mol. The van der Waals surface area contributed by atoms with Gasteiger partial charge in [-0.2, -0.15) is 0 Å². The molecule has 4 N–H and O–H groups in total. The van der Waals surface area contributed by atoms with Gasteiger partial charge < -0.3 is 26.2 Å². The third kappa shape index (κ3) is 8.47. The number of sulfonamides is 1. The summed E-state index contributed by atoms with van der Waals surface area (Å²) in [6.07, 6.45) is 7.69. The second-order valence-corrected chi connectivity index (χ2v) is 19.5. The topological polar surface area (TPSA) is 174 Å². The fourth-order valence-corrected chi connectivity index (χ4v) is 10.9. The number of carbonyl (C=O) groups is 5. The quantitative estimate of drug-likeness (QED) is 0.157. The van der Waals surface area contributed by atoms with Gasteiger partial charge in [-0.1, -0.05) is 86.6 Å². The Labute approximate surface area is 304 Å². The molecule has 0 bridgehead atoms. The third-order valence-electron chi connectivity index (χ3n) is 12.2. The van der Waals surface area contributed by atoms with Crippen LogP contribution in [-0.4, -0.2) is 103 Å². The summed E-state index contributed by atoms with van der Waals surface area (Å²) in [6.45, 7) is 18.1. The van der Waals surface area contributed by atoms with E-state index in [9.17, 15) is 32.4 Å². The van der Waals surface area contributed by atoms with E-state index in [1.54, 1.807) is 11.9 Å². The molecule has 2 saturated heterocycles. The Bertz CT molecular complexity index is 1470. The van der Waals surface area contributed by atoms with Crippen LogP contribution in [0.4, 0.5) is 4.79 Å². The Balaban J connectivity index is 1.62. The molecule has 1 unspecified atom stereocenters. The highest BCUT2D eigenvalue weighted by molar-refractivity contribution is 7.90. The van der Waals surface area contributed by atoms with E-state index in [4.69, 9.17) is 0 Å². The largest absolute Gasteiger partial charge is 0.346 e.